The summed E-state index contributed by atoms with van der Waals surface area (Å²) >= 11 is 0. The molecule has 80 valence electrons. The molecule has 0 heterocycles. The van der Waals surface area contributed by atoms with Crippen LogP contribution < -0.4 is 4.74 Å². The zero-order valence-corrected chi connectivity index (χ0v) is 7.84. The SMILES string of the molecule is O=Cc1cccc(O)c1OC(=O)CCO. The molecule has 5 nitrogen and oxygen atoms in total. The van der Waals surface area contributed by atoms with Crippen molar-refractivity contribution in [3.63, 3.8) is 0 Å². The molecule has 1 aromatic rings. The summed E-state index contributed by atoms with van der Waals surface area (Å²) in [7, 11) is 0. The third kappa shape index (κ3) is 2.78. The first-order valence-corrected chi connectivity index (χ1v) is 4.27. The normalized spacial score (nSPS) is 9.67. The maximum absolute atomic E-state index is 11.0. The Morgan fingerprint density at radius 3 is 2.80 bits per heavy atom. The molecule has 0 saturated heterocycles. The van der Waals surface area contributed by atoms with E-state index in [4.69, 9.17) is 9.84 Å². The summed E-state index contributed by atoms with van der Waals surface area (Å²) in [6, 6.07) is 4.17. The van der Waals surface area contributed by atoms with Gasteiger partial charge in [0, 0.05) is 0 Å². The molecular formula is C10H10O5. The predicted molar refractivity (Wildman–Crippen MR) is 50.8 cm³/mol. The van der Waals surface area contributed by atoms with Gasteiger partial charge in [0.25, 0.3) is 0 Å². The van der Waals surface area contributed by atoms with Crippen LogP contribution in [-0.2, 0) is 4.79 Å². The topological polar surface area (TPSA) is 83.8 Å². The molecule has 0 aliphatic carbocycles. The Hall–Kier alpha value is -1.88. The van der Waals surface area contributed by atoms with Crippen LogP contribution in [0.3, 0.4) is 0 Å². The van der Waals surface area contributed by atoms with Gasteiger partial charge in [-0.05, 0) is 12.1 Å². The number of carbonyl (C=O) groups is 2. The Balaban J connectivity index is 2.92. The van der Waals surface area contributed by atoms with Crippen LogP contribution in [0.1, 0.15) is 16.8 Å². The number of benzene rings is 1. The predicted octanol–water partition coefficient (Wildman–Crippen LogP) is 0.492. The van der Waals surface area contributed by atoms with E-state index in [0.717, 1.165) is 0 Å². The molecule has 2 N–H and O–H groups in total. The monoisotopic (exact) mass is 210 g/mol. The second-order valence-corrected chi connectivity index (χ2v) is 2.76. The van der Waals surface area contributed by atoms with Gasteiger partial charge in [-0.25, -0.2) is 0 Å². The van der Waals surface area contributed by atoms with Crippen molar-refractivity contribution < 1.29 is 24.5 Å². The standard InChI is InChI=1S/C10H10O5/c11-5-4-9(14)15-10-7(6-12)2-1-3-8(10)13/h1-3,6,11,13H,4-5H2. The lowest BCUT2D eigenvalue weighted by Gasteiger charge is -2.07. The van der Waals surface area contributed by atoms with E-state index in [2.05, 4.69) is 0 Å². The number of rotatable bonds is 4. The summed E-state index contributed by atoms with van der Waals surface area (Å²) in [6.07, 6.45) is 0.286. The molecule has 0 fully saturated rings. The highest BCUT2D eigenvalue weighted by atomic mass is 16.5. The van der Waals surface area contributed by atoms with Crippen LogP contribution in [0.15, 0.2) is 18.2 Å². The lowest BCUT2D eigenvalue weighted by molar-refractivity contribution is -0.135. The van der Waals surface area contributed by atoms with Crippen molar-refractivity contribution in [2.75, 3.05) is 6.61 Å². The summed E-state index contributed by atoms with van der Waals surface area (Å²) in [5.74, 6) is -1.17. The highest BCUT2D eigenvalue weighted by Crippen LogP contribution is 2.28. The second-order valence-electron chi connectivity index (χ2n) is 2.76. The van der Waals surface area contributed by atoms with Gasteiger partial charge in [0.05, 0.1) is 18.6 Å². The Morgan fingerprint density at radius 1 is 1.47 bits per heavy atom. The van der Waals surface area contributed by atoms with Crippen LogP contribution in [-0.4, -0.2) is 29.1 Å². The number of aliphatic hydroxyl groups is 1. The Bertz CT molecular complexity index is 372. The molecule has 1 aromatic carbocycles. The highest BCUT2D eigenvalue weighted by Gasteiger charge is 2.12. The van der Waals surface area contributed by atoms with Crippen LogP contribution in [0.2, 0.25) is 0 Å². The van der Waals surface area contributed by atoms with Gasteiger partial charge < -0.3 is 14.9 Å². The largest absolute Gasteiger partial charge is 0.504 e. The molecule has 0 aliphatic rings. The fourth-order valence-corrected chi connectivity index (χ4v) is 1.00. The molecule has 0 atom stereocenters. The number of aliphatic hydroxyl groups excluding tert-OH is 1. The fourth-order valence-electron chi connectivity index (χ4n) is 1.00. The van der Waals surface area contributed by atoms with E-state index >= 15 is 0 Å². The molecule has 0 spiro atoms. The quantitative estimate of drug-likeness (QED) is 0.429. The number of ether oxygens (including phenoxy) is 1. The molecule has 0 amide bonds. The fraction of sp³-hybridized carbons (Fsp3) is 0.200. The third-order valence-corrected chi connectivity index (χ3v) is 1.68. The molecule has 0 aliphatic heterocycles. The lowest BCUT2D eigenvalue weighted by Crippen LogP contribution is -2.10. The van der Waals surface area contributed by atoms with Gasteiger partial charge in [0.2, 0.25) is 0 Å². The van der Waals surface area contributed by atoms with E-state index in [1.54, 1.807) is 0 Å². The molecule has 0 aromatic heterocycles. The van der Waals surface area contributed by atoms with Gasteiger partial charge >= 0.3 is 5.97 Å². The van der Waals surface area contributed by atoms with Crippen molar-refractivity contribution in [1.29, 1.82) is 0 Å². The van der Waals surface area contributed by atoms with Crippen molar-refractivity contribution in [3.8, 4) is 11.5 Å². The first-order chi connectivity index (χ1) is 7.19. The van der Waals surface area contributed by atoms with E-state index in [-0.39, 0.29) is 30.1 Å². The smallest absolute Gasteiger partial charge is 0.313 e. The van der Waals surface area contributed by atoms with Gasteiger partial charge in [0.1, 0.15) is 0 Å². The molecular weight excluding hydrogens is 200 g/mol. The first-order valence-electron chi connectivity index (χ1n) is 4.27. The number of phenolic OH excluding ortho intramolecular Hbond substituents is 1. The number of aromatic hydroxyl groups is 1. The molecule has 1 rings (SSSR count). The summed E-state index contributed by atoms with van der Waals surface area (Å²) in [6.45, 7) is -0.344. The van der Waals surface area contributed by atoms with Gasteiger partial charge in [-0.15, -0.1) is 0 Å². The summed E-state index contributed by atoms with van der Waals surface area (Å²) in [5.41, 5.74) is 0.0845. The van der Waals surface area contributed by atoms with E-state index in [9.17, 15) is 14.7 Å². The number of para-hydroxylation sites is 1. The molecule has 15 heavy (non-hydrogen) atoms. The van der Waals surface area contributed by atoms with Crippen LogP contribution in [0.4, 0.5) is 0 Å². The number of carbonyl (C=O) groups excluding carboxylic acids is 2. The Morgan fingerprint density at radius 2 is 2.20 bits per heavy atom. The number of hydrogen-bond acceptors (Lipinski definition) is 5. The Kier molecular flexibility index (Phi) is 3.82. The van der Waals surface area contributed by atoms with Crippen molar-refractivity contribution in [2.24, 2.45) is 0 Å². The van der Waals surface area contributed by atoms with E-state index in [0.29, 0.717) is 6.29 Å². The van der Waals surface area contributed by atoms with Crippen molar-refractivity contribution in [2.45, 2.75) is 6.42 Å². The van der Waals surface area contributed by atoms with Crippen LogP contribution in [0, 0.1) is 0 Å². The third-order valence-electron chi connectivity index (χ3n) is 1.68. The summed E-state index contributed by atoms with van der Waals surface area (Å²) < 4.78 is 4.73. The number of phenols is 1. The average molecular weight is 210 g/mol. The maximum atomic E-state index is 11.0. The molecule has 0 radical (unpaired) electrons. The number of esters is 1. The Labute approximate surface area is 85.9 Å². The molecule has 0 saturated carbocycles. The summed E-state index contributed by atoms with van der Waals surface area (Å²) in [5, 5.41) is 17.8. The van der Waals surface area contributed by atoms with Crippen LogP contribution in [0.25, 0.3) is 0 Å². The maximum Gasteiger partial charge on any atom is 0.313 e. The van der Waals surface area contributed by atoms with E-state index in [1.807, 2.05) is 0 Å². The van der Waals surface area contributed by atoms with Gasteiger partial charge in [0.15, 0.2) is 17.8 Å². The average Bonchev–Trinajstić information content (AvgIpc) is 2.21. The number of hydrogen-bond donors (Lipinski definition) is 2. The van der Waals surface area contributed by atoms with E-state index in [1.165, 1.54) is 18.2 Å². The molecule has 0 unspecified atom stereocenters. The van der Waals surface area contributed by atoms with Crippen molar-refractivity contribution >= 4 is 12.3 Å². The van der Waals surface area contributed by atoms with Crippen LogP contribution >= 0.6 is 0 Å². The second kappa shape index (κ2) is 5.11. The minimum Gasteiger partial charge on any atom is -0.504 e. The van der Waals surface area contributed by atoms with E-state index < -0.39 is 5.97 Å². The van der Waals surface area contributed by atoms with Crippen molar-refractivity contribution in [3.05, 3.63) is 23.8 Å². The van der Waals surface area contributed by atoms with Crippen LogP contribution in [0.5, 0.6) is 11.5 Å². The van der Waals surface area contributed by atoms with Gasteiger partial charge in [-0.3, -0.25) is 9.59 Å². The molecule has 0 bridgehead atoms. The van der Waals surface area contributed by atoms with Gasteiger partial charge in [-0.2, -0.15) is 0 Å². The highest BCUT2D eigenvalue weighted by molar-refractivity contribution is 5.84. The summed E-state index contributed by atoms with van der Waals surface area (Å²) in [4.78, 5) is 21.6. The zero-order valence-electron chi connectivity index (χ0n) is 7.84. The number of aldehydes is 1. The lowest BCUT2D eigenvalue weighted by atomic mass is 10.2. The van der Waals surface area contributed by atoms with Gasteiger partial charge in [-0.1, -0.05) is 6.07 Å². The zero-order chi connectivity index (χ0) is 11.3. The minimum atomic E-state index is -0.706. The minimum absolute atomic E-state index is 0.0845. The van der Waals surface area contributed by atoms with Crippen molar-refractivity contribution in [1.82, 2.24) is 0 Å². The first kappa shape index (κ1) is 11.2. The molecule has 5 heteroatoms.